The van der Waals surface area contributed by atoms with E-state index >= 15 is 0 Å². The van der Waals surface area contributed by atoms with Gasteiger partial charge in [-0.15, -0.1) is 0 Å². The number of benzene rings is 2. The lowest BCUT2D eigenvalue weighted by Gasteiger charge is -2.04. The number of hydrogen-bond donors (Lipinski definition) is 2. The van der Waals surface area contributed by atoms with E-state index in [9.17, 15) is 9.90 Å². The van der Waals surface area contributed by atoms with Gasteiger partial charge in [-0.3, -0.25) is 10.1 Å². The number of fused-ring (bicyclic) bond motifs is 2. The van der Waals surface area contributed by atoms with E-state index in [4.69, 9.17) is 0 Å². The maximum absolute atomic E-state index is 11.2. The molecule has 2 aromatic carbocycles. The summed E-state index contributed by atoms with van der Waals surface area (Å²) in [5.41, 5.74) is 3.59. The fourth-order valence-corrected chi connectivity index (χ4v) is 2.65. The monoisotopic (exact) mass is 289 g/mol. The minimum atomic E-state index is -0.950. The summed E-state index contributed by atoms with van der Waals surface area (Å²) in [4.78, 5) is 15.5. The van der Waals surface area contributed by atoms with Gasteiger partial charge in [0, 0.05) is 22.5 Å². The smallest absolute Gasteiger partial charge is 0.335 e. The van der Waals surface area contributed by atoms with Gasteiger partial charge in [-0.05, 0) is 30.3 Å². The Labute approximate surface area is 125 Å². The van der Waals surface area contributed by atoms with E-state index < -0.39 is 5.97 Å². The van der Waals surface area contributed by atoms with Gasteiger partial charge in [-0.1, -0.05) is 18.2 Å². The first-order valence-corrected chi connectivity index (χ1v) is 6.79. The molecule has 0 atom stereocenters. The number of aromatic carboxylic acids is 1. The average Bonchev–Trinajstić information content (AvgIpc) is 2.97. The van der Waals surface area contributed by atoms with Gasteiger partial charge in [0.1, 0.15) is 5.69 Å². The molecule has 0 aliphatic rings. The molecule has 2 heterocycles. The maximum Gasteiger partial charge on any atom is 0.335 e. The summed E-state index contributed by atoms with van der Waals surface area (Å²) in [6.45, 7) is 0. The van der Waals surface area contributed by atoms with E-state index in [-0.39, 0.29) is 5.56 Å². The Morgan fingerprint density at radius 1 is 1.05 bits per heavy atom. The van der Waals surface area contributed by atoms with Gasteiger partial charge in [0.05, 0.1) is 16.6 Å². The maximum atomic E-state index is 11.2. The summed E-state index contributed by atoms with van der Waals surface area (Å²) >= 11 is 0. The standard InChI is InChI=1S/C17H11N3O2/c21-17(22)10-5-6-15-13(9-10)16(20-19-15)12-7-8-18-14-4-2-1-3-11(12)14/h1-9H,(H,19,20)(H,21,22). The molecule has 0 saturated carbocycles. The van der Waals surface area contributed by atoms with Crippen molar-refractivity contribution in [2.45, 2.75) is 0 Å². The third kappa shape index (κ3) is 1.83. The minimum Gasteiger partial charge on any atom is -0.478 e. The molecule has 0 aliphatic heterocycles. The molecule has 0 bridgehead atoms. The zero-order valence-electron chi connectivity index (χ0n) is 11.4. The van der Waals surface area contributed by atoms with Gasteiger partial charge in [-0.2, -0.15) is 5.10 Å². The van der Waals surface area contributed by atoms with Gasteiger partial charge >= 0.3 is 5.97 Å². The van der Waals surface area contributed by atoms with Crippen molar-refractivity contribution in [2.75, 3.05) is 0 Å². The number of pyridine rings is 1. The molecule has 2 N–H and O–H groups in total. The minimum absolute atomic E-state index is 0.244. The number of carboxylic acid groups (broad SMARTS) is 1. The largest absolute Gasteiger partial charge is 0.478 e. The highest BCUT2D eigenvalue weighted by atomic mass is 16.4. The molecule has 0 radical (unpaired) electrons. The van der Waals surface area contributed by atoms with E-state index in [1.165, 1.54) is 0 Å². The SMILES string of the molecule is O=C(O)c1ccc2[nH]nc(-c3ccnc4ccccc34)c2c1. The van der Waals surface area contributed by atoms with Crippen molar-refractivity contribution in [1.29, 1.82) is 0 Å². The van der Waals surface area contributed by atoms with Crippen molar-refractivity contribution in [3.8, 4) is 11.3 Å². The highest BCUT2D eigenvalue weighted by molar-refractivity contribution is 6.04. The normalized spacial score (nSPS) is 11.1. The number of H-pyrrole nitrogens is 1. The molecule has 0 fully saturated rings. The Balaban J connectivity index is 2.04. The molecule has 0 unspecified atom stereocenters. The van der Waals surface area contributed by atoms with Crippen LogP contribution < -0.4 is 0 Å². The van der Waals surface area contributed by atoms with Crippen LogP contribution >= 0.6 is 0 Å². The molecule has 0 aliphatic carbocycles. The predicted octanol–water partition coefficient (Wildman–Crippen LogP) is 3.48. The Hall–Kier alpha value is -3.21. The number of hydrogen-bond acceptors (Lipinski definition) is 3. The van der Waals surface area contributed by atoms with Crippen molar-refractivity contribution < 1.29 is 9.90 Å². The zero-order valence-corrected chi connectivity index (χ0v) is 11.4. The van der Waals surface area contributed by atoms with Crippen molar-refractivity contribution >= 4 is 27.8 Å². The Morgan fingerprint density at radius 2 is 1.91 bits per heavy atom. The summed E-state index contributed by atoms with van der Waals surface area (Å²) in [6.07, 6.45) is 1.74. The van der Waals surface area contributed by atoms with Gasteiger partial charge in [0.25, 0.3) is 0 Å². The predicted molar refractivity (Wildman–Crippen MR) is 83.8 cm³/mol. The molecule has 0 spiro atoms. The highest BCUT2D eigenvalue weighted by Crippen LogP contribution is 2.31. The van der Waals surface area contributed by atoms with E-state index in [2.05, 4.69) is 15.2 Å². The summed E-state index contributed by atoms with van der Waals surface area (Å²) < 4.78 is 0. The second-order valence-corrected chi connectivity index (χ2v) is 5.01. The number of carbonyl (C=O) groups is 1. The van der Waals surface area contributed by atoms with Crippen LogP contribution in [0.5, 0.6) is 0 Å². The quantitative estimate of drug-likeness (QED) is 0.592. The van der Waals surface area contributed by atoms with Crippen LogP contribution in [0.4, 0.5) is 0 Å². The van der Waals surface area contributed by atoms with Crippen molar-refractivity contribution in [3.05, 3.63) is 60.3 Å². The van der Waals surface area contributed by atoms with Crippen molar-refractivity contribution in [3.63, 3.8) is 0 Å². The van der Waals surface area contributed by atoms with Gasteiger partial charge in [0.15, 0.2) is 0 Å². The molecule has 106 valence electrons. The van der Waals surface area contributed by atoms with Crippen LogP contribution in [0.1, 0.15) is 10.4 Å². The Kier molecular flexibility index (Phi) is 2.66. The third-order valence-corrected chi connectivity index (χ3v) is 3.71. The van der Waals surface area contributed by atoms with Gasteiger partial charge in [0.2, 0.25) is 0 Å². The second kappa shape index (κ2) is 4.66. The highest BCUT2D eigenvalue weighted by Gasteiger charge is 2.13. The average molecular weight is 289 g/mol. The number of aromatic nitrogens is 3. The summed E-state index contributed by atoms with van der Waals surface area (Å²) in [7, 11) is 0. The lowest BCUT2D eigenvalue weighted by atomic mass is 10.0. The molecular formula is C17H11N3O2. The lowest BCUT2D eigenvalue weighted by Crippen LogP contribution is -1.95. The molecular weight excluding hydrogens is 278 g/mol. The fraction of sp³-hybridized carbons (Fsp3) is 0. The summed E-state index contributed by atoms with van der Waals surface area (Å²) in [5, 5.41) is 18.3. The van der Waals surface area contributed by atoms with Crippen LogP contribution in [0.25, 0.3) is 33.1 Å². The zero-order chi connectivity index (χ0) is 15.1. The molecule has 4 aromatic rings. The first kappa shape index (κ1) is 12.5. The van der Waals surface area contributed by atoms with E-state index in [1.807, 2.05) is 30.3 Å². The van der Waals surface area contributed by atoms with Crippen LogP contribution in [-0.4, -0.2) is 26.3 Å². The summed E-state index contributed by atoms with van der Waals surface area (Å²) in [5.74, 6) is -0.950. The second-order valence-electron chi connectivity index (χ2n) is 5.01. The van der Waals surface area contributed by atoms with E-state index in [1.54, 1.807) is 24.4 Å². The number of nitrogens with zero attached hydrogens (tertiary/aromatic N) is 2. The third-order valence-electron chi connectivity index (χ3n) is 3.71. The fourth-order valence-electron chi connectivity index (χ4n) is 2.65. The number of para-hydroxylation sites is 1. The van der Waals surface area contributed by atoms with Gasteiger partial charge in [-0.25, -0.2) is 4.79 Å². The van der Waals surface area contributed by atoms with Gasteiger partial charge < -0.3 is 5.11 Å². The van der Waals surface area contributed by atoms with Crippen LogP contribution in [0.3, 0.4) is 0 Å². The first-order chi connectivity index (χ1) is 10.7. The molecule has 22 heavy (non-hydrogen) atoms. The molecule has 0 amide bonds. The van der Waals surface area contributed by atoms with Crippen LogP contribution in [0.15, 0.2) is 54.7 Å². The molecule has 2 aromatic heterocycles. The number of rotatable bonds is 2. The topological polar surface area (TPSA) is 78.9 Å². The summed E-state index contributed by atoms with van der Waals surface area (Å²) in [6, 6.07) is 14.7. The number of nitrogens with one attached hydrogen (secondary N) is 1. The van der Waals surface area contributed by atoms with Crippen LogP contribution in [-0.2, 0) is 0 Å². The van der Waals surface area contributed by atoms with Crippen LogP contribution in [0, 0.1) is 0 Å². The lowest BCUT2D eigenvalue weighted by molar-refractivity contribution is 0.0697. The molecule has 5 nitrogen and oxygen atoms in total. The van der Waals surface area contributed by atoms with Crippen molar-refractivity contribution in [1.82, 2.24) is 15.2 Å². The molecule has 0 saturated heterocycles. The van der Waals surface area contributed by atoms with Crippen LogP contribution in [0.2, 0.25) is 0 Å². The van der Waals surface area contributed by atoms with E-state index in [0.29, 0.717) is 0 Å². The van der Waals surface area contributed by atoms with Crippen molar-refractivity contribution in [2.24, 2.45) is 0 Å². The number of aromatic amines is 1. The molecule has 4 rings (SSSR count). The Bertz CT molecular complexity index is 1020. The van der Waals surface area contributed by atoms with E-state index in [0.717, 1.165) is 33.1 Å². The molecule has 5 heteroatoms. The Morgan fingerprint density at radius 3 is 2.77 bits per heavy atom. The first-order valence-electron chi connectivity index (χ1n) is 6.79. The number of carboxylic acids is 1.